The third-order valence-electron chi connectivity index (χ3n) is 3.64. The fraction of sp³-hybridized carbons (Fsp3) is 0.692. The van der Waals surface area contributed by atoms with Crippen LogP contribution in [0.4, 0.5) is 0 Å². The number of aromatic amines is 1. The molecule has 100 valence electrons. The molecule has 0 atom stereocenters. The smallest absolute Gasteiger partial charge is 0.251 e. The van der Waals surface area contributed by atoms with Crippen LogP contribution in [0.25, 0.3) is 0 Å². The Hall–Kier alpha value is -1.20. The lowest BCUT2D eigenvalue weighted by molar-refractivity contribution is 0.0943. The number of H-pyrrole nitrogens is 1. The third-order valence-corrected chi connectivity index (χ3v) is 3.64. The summed E-state index contributed by atoms with van der Waals surface area (Å²) in [5.41, 5.74) is 0.573. The molecule has 0 bridgehead atoms. The van der Waals surface area contributed by atoms with Crippen LogP contribution in [-0.4, -0.2) is 41.0 Å². The Morgan fingerprint density at radius 2 is 2.06 bits per heavy atom. The maximum atomic E-state index is 11.7. The van der Waals surface area contributed by atoms with Crippen molar-refractivity contribution in [2.75, 3.05) is 26.2 Å². The summed E-state index contributed by atoms with van der Waals surface area (Å²) < 4.78 is 0. The molecule has 0 aromatic carbocycles. The number of aryl methyl sites for hydroxylation is 1. The van der Waals surface area contributed by atoms with Crippen molar-refractivity contribution in [3.8, 4) is 0 Å². The average molecular weight is 250 g/mol. The minimum atomic E-state index is -0.230. The topological polar surface area (TPSA) is 61.0 Å². The van der Waals surface area contributed by atoms with E-state index < -0.39 is 0 Å². The standard InChI is InChI=1S/C13H22N4O/c1-4-10-9-11(18)16-12(15-10)13(2,3)17-7-5-14-6-8-17/h9,14H,4-8H2,1-3H3,(H,15,16,18). The van der Waals surface area contributed by atoms with E-state index in [0.29, 0.717) is 0 Å². The molecule has 5 nitrogen and oxygen atoms in total. The fourth-order valence-electron chi connectivity index (χ4n) is 2.35. The normalized spacial score (nSPS) is 17.9. The highest BCUT2D eigenvalue weighted by atomic mass is 16.1. The minimum Gasteiger partial charge on any atom is -0.314 e. The largest absolute Gasteiger partial charge is 0.314 e. The van der Waals surface area contributed by atoms with E-state index in [0.717, 1.165) is 44.1 Å². The van der Waals surface area contributed by atoms with Crippen LogP contribution >= 0.6 is 0 Å². The highest BCUT2D eigenvalue weighted by Crippen LogP contribution is 2.24. The van der Waals surface area contributed by atoms with Crippen molar-refractivity contribution >= 4 is 0 Å². The number of hydrogen-bond donors (Lipinski definition) is 2. The maximum absolute atomic E-state index is 11.7. The van der Waals surface area contributed by atoms with Crippen molar-refractivity contribution in [3.05, 3.63) is 27.9 Å². The van der Waals surface area contributed by atoms with E-state index in [2.05, 4.69) is 34.0 Å². The number of hydrogen-bond acceptors (Lipinski definition) is 4. The van der Waals surface area contributed by atoms with Gasteiger partial charge in [-0.25, -0.2) is 4.98 Å². The number of rotatable bonds is 3. The predicted octanol–water partition coefficient (Wildman–Crippen LogP) is 0.473. The van der Waals surface area contributed by atoms with Crippen LogP contribution in [0.15, 0.2) is 10.9 Å². The number of nitrogens with one attached hydrogen (secondary N) is 2. The molecule has 5 heteroatoms. The molecule has 1 aliphatic heterocycles. The van der Waals surface area contributed by atoms with Crippen molar-refractivity contribution in [3.63, 3.8) is 0 Å². The highest BCUT2D eigenvalue weighted by Gasteiger charge is 2.32. The Balaban J connectivity index is 2.33. The van der Waals surface area contributed by atoms with E-state index in [1.807, 2.05) is 6.92 Å². The Bertz CT molecular complexity index is 460. The monoisotopic (exact) mass is 250 g/mol. The Kier molecular flexibility index (Phi) is 3.82. The van der Waals surface area contributed by atoms with Gasteiger partial charge < -0.3 is 10.3 Å². The fourth-order valence-corrected chi connectivity index (χ4v) is 2.35. The molecular weight excluding hydrogens is 228 g/mol. The zero-order chi connectivity index (χ0) is 13.2. The molecule has 0 unspecified atom stereocenters. The number of piperazine rings is 1. The number of nitrogens with zero attached hydrogens (tertiary/aromatic N) is 2. The minimum absolute atomic E-state index is 0.0555. The van der Waals surface area contributed by atoms with Crippen molar-refractivity contribution in [1.29, 1.82) is 0 Å². The molecule has 2 rings (SSSR count). The molecule has 0 aliphatic carbocycles. The quantitative estimate of drug-likeness (QED) is 0.819. The van der Waals surface area contributed by atoms with Gasteiger partial charge in [-0.1, -0.05) is 6.92 Å². The van der Waals surface area contributed by atoms with Gasteiger partial charge in [-0.15, -0.1) is 0 Å². The molecule has 18 heavy (non-hydrogen) atoms. The zero-order valence-corrected chi connectivity index (χ0v) is 11.4. The molecule has 0 spiro atoms. The SMILES string of the molecule is CCc1cc(=O)[nH]c(C(C)(C)N2CCNCC2)n1. The van der Waals surface area contributed by atoms with E-state index in [-0.39, 0.29) is 11.1 Å². The second-order valence-electron chi connectivity index (χ2n) is 5.23. The highest BCUT2D eigenvalue weighted by molar-refractivity contribution is 5.09. The average Bonchev–Trinajstić information content (AvgIpc) is 2.39. The summed E-state index contributed by atoms with van der Waals surface area (Å²) in [7, 11) is 0. The van der Waals surface area contributed by atoms with Gasteiger partial charge in [0.2, 0.25) is 0 Å². The van der Waals surface area contributed by atoms with Crippen LogP contribution in [0.5, 0.6) is 0 Å². The molecule has 1 aliphatic rings. The van der Waals surface area contributed by atoms with Crippen LogP contribution in [-0.2, 0) is 12.0 Å². The molecule has 1 aromatic heterocycles. The number of aromatic nitrogens is 2. The van der Waals surface area contributed by atoms with Gasteiger partial charge >= 0.3 is 0 Å². The molecule has 0 saturated carbocycles. The maximum Gasteiger partial charge on any atom is 0.251 e. The second kappa shape index (κ2) is 5.20. The van der Waals surface area contributed by atoms with Gasteiger partial charge in [0.05, 0.1) is 5.54 Å². The first kappa shape index (κ1) is 13.2. The van der Waals surface area contributed by atoms with Crippen molar-refractivity contribution in [2.45, 2.75) is 32.7 Å². The lowest BCUT2D eigenvalue weighted by Crippen LogP contribution is -2.52. The van der Waals surface area contributed by atoms with Gasteiger partial charge in [0.15, 0.2) is 0 Å². The first-order chi connectivity index (χ1) is 8.54. The molecular formula is C13H22N4O. The Morgan fingerprint density at radius 3 is 2.67 bits per heavy atom. The van der Waals surface area contributed by atoms with Crippen molar-refractivity contribution in [2.24, 2.45) is 0 Å². The molecule has 0 radical (unpaired) electrons. The summed E-state index contributed by atoms with van der Waals surface area (Å²) in [5.74, 6) is 0.772. The molecule has 1 aromatic rings. The van der Waals surface area contributed by atoms with Gasteiger partial charge in [-0.2, -0.15) is 0 Å². The van der Waals surface area contributed by atoms with Crippen molar-refractivity contribution < 1.29 is 0 Å². The Morgan fingerprint density at radius 1 is 1.39 bits per heavy atom. The molecule has 2 N–H and O–H groups in total. The summed E-state index contributed by atoms with van der Waals surface area (Å²) in [6.07, 6.45) is 0.786. The summed E-state index contributed by atoms with van der Waals surface area (Å²) in [5, 5.41) is 3.34. The lowest BCUT2D eigenvalue weighted by Gasteiger charge is -2.40. The van der Waals surface area contributed by atoms with Crippen LogP contribution in [0, 0.1) is 0 Å². The molecule has 1 saturated heterocycles. The predicted molar refractivity (Wildman–Crippen MR) is 71.7 cm³/mol. The van der Waals surface area contributed by atoms with Crippen LogP contribution in [0.2, 0.25) is 0 Å². The summed E-state index contributed by atoms with van der Waals surface area (Å²) >= 11 is 0. The molecule has 1 fully saturated rings. The first-order valence-corrected chi connectivity index (χ1v) is 6.60. The first-order valence-electron chi connectivity index (χ1n) is 6.60. The van der Waals surface area contributed by atoms with Crippen LogP contribution in [0.3, 0.4) is 0 Å². The van der Waals surface area contributed by atoms with E-state index in [4.69, 9.17) is 0 Å². The van der Waals surface area contributed by atoms with Gasteiger partial charge in [-0.3, -0.25) is 9.69 Å². The Labute approximate surface area is 108 Å². The van der Waals surface area contributed by atoms with E-state index in [9.17, 15) is 4.79 Å². The summed E-state index contributed by atoms with van der Waals surface area (Å²) in [6, 6.07) is 1.58. The van der Waals surface area contributed by atoms with Gasteiger partial charge in [0.1, 0.15) is 5.82 Å². The van der Waals surface area contributed by atoms with Crippen LogP contribution in [0.1, 0.15) is 32.3 Å². The molecule has 2 heterocycles. The van der Waals surface area contributed by atoms with Gasteiger partial charge in [0.25, 0.3) is 5.56 Å². The van der Waals surface area contributed by atoms with E-state index in [1.165, 1.54) is 0 Å². The second-order valence-corrected chi connectivity index (χ2v) is 5.23. The van der Waals surface area contributed by atoms with Gasteiger partial charge in [-0.05, 0) is 20.3 Å². The summed E-state index contributed by atoms with van der Waals surface area (Å²) in [6.45, 7) is 10.2. The summed E-state index contributed by atoms with van der Waals surface area (Å²) in [4.78, 5) is 21.5. The van der Waals surface area contributed by atoms with E-state index in [1.54, 1.807) is 6.07 Å². The van der Waals surface area contributed by atoms with Crippen LogP contribution < -0.4 is 10.9 Å². The van der Waals surface area contributed by atoms with E-state index >= 15 is 0 Å². The lowest BCUT2D eigenvalue weighted by atomic mass is 10.0. The van der Waals surface area contributed by atoms with Gasteiger partial charge in [0, 0.05) is 37.9 Å². The zero-order valence-electron chi connectivity index (χ0n) is 11.4. The molecule has 0 amide bonds. The third kappa shape index (κ3) is 2.62. The van der Waals surface area contributed by atoms with Crippen molar-refractivity contribution in [1.82, 2.24) is 20.2 Å².